The Bertz CT molecular complexity index is 1520. The maximum absolute atomic E-state index is 14.2. The largest absolute Gasteiger partial charge is 0.490 e. The van der Waals surface area contributed by atoms with Crippen LogP contribution >= 0.6 is 11.3 Å². The van der Waals surface area contributed by atoms with Gasteiger partial charge in [-0.25, -0.2) is 9.18 Å². The molecule has 0 aliphatic heterocycles. The second-order valence-electron chi connectivity index (χ2n) is 10.6. The molecule has 8 nitrogen and oxygen atoms in total. The summed E-state index contributed by atoms with van der Waals surface area (Å²) in [6.45, 7) is 6.40. The molecule has 10 heteroatoms. The second kappa shape index (κ2) is 11.9. The Morgan fingerprint density at radius 1 is 1.05 bits per heavy atom. The van der Waals surface area contributed by atoms with Crippen LogP contribution in [0.3, 0.4) is 0 Å². The van der Waals surface area contributed by atoms with Crippen LogP contribution in [0.25, 0.3) is 32.6 Å². The highest BCUT2D eigenvalue weighted by Crippen LogP contribution is 2.40. The number of rotatable bonds is 9. The second-order valence-corrected chi connectivity index (χ2v) is 11.6. The number of amides is 1. The third-order valence-corrected chi connectivity index (χ3v) is 7.30. The molecule has 5 rings (SSSR count). The molecule has 0 radical (unpaired) electrons. The van der Waals surface area contributed by atoms with Crippen molar-refractivity contribution < 1.29 is 28.5 Å². The van der Waals surface area contributed by atoms with E-state index in [0.29, 0.717) is 36.4 Å². The number of benzene rings is 2. The minimum Gasteiger partial charge on any atom is -0.490 e. The summed E-state index contributed by atoms with van der Waals surface area (Å²) in [4.78, 5) is 11.7. The van der Waals surface area contributed by atoms with Crippen LogP contribution in [0.1, 0.15) is 31.9 Å². The molecule has 4 aromatic rings. The molecule has 1 atom stereocenters. The summed E-state index contributed by atoms with van der Waals surface area (Å²) >= 11 is 1.54. The van der Waals surface area contributed by atoms with E-state index in [4.69, 9.17) is 14.2 Å². The molecule has 210 valence electrons. The highest BCUT2D eigenvalue weighted by Gasteiger charge is 2.22. The fraction of sp³-hybridized carbons (Fsp3) is 0.367. The van der Waals surface area contributed by atoms with Gasteiger partial charge < -0.3 is 24.6 Å². The SMILES string of the molecule is CC(C)(C)OC(=O)NCCOCCOc1cc(F)ccc1-c1nnc(-c2ccc3c(c2)CC(O)C3)c2ccsc12. The van der Waals surface area contributed by atoms with Crippen LogP contribution in [-0.4, -0.2) is 59.5 Å². The van der Waals surface area contributed by atoms with Crippen molar-refractivity contribution in [3.63, 3.8) is 0 Å². The number of nitrogens with zero attached hydrogens (tertiary/aromatic N) is 2. The fourth-order valence-corrected chi connectivity index (χ4v) is 5.57. The number of carbonyl (C=O) groups is 1. The van der Waals surface area contributed by atoms with Crippen molar-refractivity contribution in [3.8, 4) is 28.3 Å². The first-order valence-electron chi connectivity index (χ1n) is 13.2. The van der Waals surface area contributed by atoms with Crippen molar-refractivity contribution in [2.24, 2.45) is 0 Å². The molecule has 2 aromatic heterocycles. The van der Waals surface area contributed by atoms with E-state index >= 15 is 0 Å². The van der Waals surface area contributed by atoms with Crippen LogP contribution in [0.5, 0.6) is 5.75 Å². The third kappa shape index (κ3) is 6.57. The molecule has 1 unspecified atom stereocenters. The number of halogens is 1. The Labute approximate surface area is 236 Å². The summed E-state index contributed by atoms with van der Waals surface area (Å²) in [5.74, 6) is -0.0766. The highest BCUT2D eigenvalue weighted by atomic mass is 32.1. The number of fused-ring (bicyclic) bond motifs is 2. The van der Waals surface area contributed by atoms with Gasteiger partial charge >= 0.3 is 6.09 Å². The first-order valence-corrected chi connectivity index (χ1v) is 14.1. The molecule has 0 saturated carbocycles. The number of aromatic nitrogens is 2. The van der Waals surface area contributed by atoms with Gasteiger partial charge in [0.1, 0.15) is 35.2 Å². The van der Waals surface area contributed by atoms with Gasteiger partial charge in [-0.3, -0.25) is 0 Å². The zero-order valence-corrected chi connectivity index (χ0v) is 23.5. The van der Waals surface area contributed by atoms with Crippen molar-refractivity contribution in [2.45, 2.75) is 45.3 Å². The molecule has 1 aliphatic carbocycles. The van der Waals surface area contributed by atoms with Crippen molar-refractivity contribution in [3.05, 3.63) is 64.8 Å². The Morgan fingerprint density at radius 2 is 1.85 bits per heavy atom. The summed E-state index contributed by atoms with van der Waals surface area (Å²) in [5, 5.41) is 24.7. The average Bonchev–Trinajstić information content (AvgIpc) is 3.52. The highest BCUT2D eigenvalue weighted by molar-refractivity contribution is 7.17. The average molecular weight is 566 g/mol. The van der Waals surface area contributed by atoms with Gasteiger partial charge in [-0.05, 0) is 74.4 Å². The van der Waals surface area contributed by atoms with Crippen LogP contribution in [0.4, 0.5) is 9.18 Å². The molecule has 2 aromatic carbocycles. The zero-order chi connectivity index (χ0) is 28.3. The quantitative estimate of drug-likeness (QED) is 0.257. The number of nitrogens with one attached hydrogen (secondary N) is 1. The van der Waals surface area contributed by atoms with E-state index in [9.17, 15) is 14.3 Å². The zero-order valence-electron chi connectivity index (χ0n) is 22.7. The van der Waals surface area contributed by atoms with E-state index in [0.717, 1.165) is 26.9 Å². The predicted molar refractivity (Wildman–Crippen MR) is 152 cm³/mol. The first kappa shape index (κ1) is 27.9. The Balaban J connectivity index is 1.27. The third-order valence-electron chi connectivity index (χ3n) is 6.37. The standard InChI is InChI=1S/C30H32FN3O5S/c1-30(2,3)39-29(36)32-9-10-37-11-12-38-25-17-21(31)6-7-23(25)27-28-24(8-13-40-28)26(33-34-27)19-5-4-18-15-22(35)16-20(18)14-19/h4-8,13-14,17,22,35H,9-12,15-16H2,1-3H3,(H,32,36). The minimum absolute atomic E-state index is 0.183. The lowest BCUT2D eigenvalue weighted by atomic mass is 10.0. The van der Waals surface area contributed by atoms with E-state index in [-0.39, 0.29) is 25.9 Å². The summed E-state index contributed by atoms with van der Waals surface area (Å²) in [5.41, 5.74) is 4.70. The minimum atomic E-state index is -0.563. The number of ether oxygens (including phenoxy) is 3. The van der Waals surface area contributed by atoms with Crippen LogP contribution in [-0.2, 0) is 22.3 Å². The number of hydrogen-bond donors (Lipinski definition) is 2. The summed E-state index contributed by atoms with van der Waals surface area (Å²) in [6, 6.07) is 12.5. The number of alkyl carbamates (subject to hydrolysis) is 1. The van der Waals surface area contributed by atoms with Gasteiger partial charge in [0.25, 0.3) is 0 Å². The van der Waals surface area contributed by atoms with E-state index < -0.39 is 17.5 Å². The molecule has 1 aliphatic rings. The first-order chi connectivity index (χ1) is 19.2. The molecule has 40 heavy (non-hydrogen) atoms. The number of thiophene rings is 1. The smallest absolute Gasteiger partial charge is 0.407 e. The van der Waals surface area contributed by atoms with Gasteiger partial charge in [0.05, 0.1) is 24.0 Å². The van der Waals surface area contributed by atoms with Gasteiger partial charge in [-0.1, -0.05) is 12.1 Å². The molecule has 0 bridgehead atoms. The Kier molecular flexibility index (Phi) is 8.30. The monoisotopic (exact) mass is 565 g/mol. The van der Waals surface area contributed by atoms with Gasteiger partial charge in [0, 0.05) is 29.1 Å². The molecule has 2 heterocycles. The number of hydrogen-bond acceptors (Lipinski definition) is 8. The lowest BCUT2D eigenvalue weighted by Crippen LogP contribution is -2.34. The summed E-state index contributed by atoms with van der Waals surface area (Å²) < 4.78 is 31.7. The number of aliphatic hydroxyl groups is 1. The molecular formula is C30H32FN3O5S. The van der Waals surface area contributed by atoms with Gasteiger partial charge in [0.2, 0.25) is 0 Å². The van der Waals surface area contributed by atoms with Crippen LogP contribution in [0.2, 0.25) is 0 Å². The van der Waals surface area contributed by atoms with Crippen molar-refractivity contribution >= 4 is 27.5 Å². The van der Waals surface area contributed by atoms with Crippen molar-refractivity contribution in [2.75, 3.05) is 26.4 Å². The van der Waals surface area contributed by atoms with Crippen molar-refractivity contribution in [1.82, 2.24) is 15.5 Å². The maximum atomic E-state index is 14.2. The lowest BCUT2D eigenvalue weighted by molar-refractivity contribution is 0.0489. The predicted octanol–water partition coefficient (Wildman–Crippen LogP) is 5.54. The topological polar surface area (TPSA) is 103 Å². The molecular weight excluding hydrogens is 533 g/mol. The molecule has 0 spiro atoms. The maximum Gasteiger partial charge on any atom is 0.407 e. The van der Waals surface area contributed by atoms with Crippen LogP contribution in [0.15, 0.2) is 47.8 Å². The number of carbonyl (C=O) groups excluding carboxylic acids is 1. The van der Waals surface area contributed by atoms with E-state index in [1.54, 1.807) is 26.8 Å². The van der Waals surface area contributed by atoms with Crippen LogP contribution in [0, 0.1) is 5.82 Å². The van der Waals surface area contributed by atoms with Gasteiger partial charge in [0.15, 0.2) is 0 Å². The van der Waals surface area contributed by atoms with Crippen LogP contribution < -0.4 is 10.1 Å². The van der Waals surface area contributed by atoms with Gasteiger partial charge in [-0.15, -0.1) is 21.5 Å². The lowest BCUT2D eigenvalue weighted by Gasteiger charge is -2.19. The summed E-state index contributed by atoms with van der Waals surface area (Å²) in [7, 11) is 0. The fourth-order valence-electron chi connectivity index (χ4n) is 4.67. The normalized spacial score (nSPS) is 14.8. The van der Waals surface area contributed by atoms with E-state index in [1.165, 1.54) is 29.0 Å². The molecule has 0 saturated heterocycles. The molecule has 0 fully saturated rings. The molecule has 2 N–H and O–H groups in total. The summed E-state index contributed by atoms with van der Waals surface area (Å²) in [6.07, 6.45) is 0.478. The van der Waals surface area contributed by atoms with E-state index in [2.05, 4.69) is 27.6 Å². The van der Waals surface area contributed by atoms with E-state index in [1.807, 2.05) is 17.5 Å². The number of aliphatic hydroxyl groups excluding tert-OH is 1. The van der Waals surface area contributed by atoms with Crippen molar-refractivity contribution in [1.29, 1.82) is 0 Å². The van der Waals surface area contributed by atoms with Gasteiger partial charge in [-0.2, -0.15) is 0 Å². The Morgan fingerprint density at radius 3 is 2.67 bits per heavy atom. The Hall–Kier alpha value is -3.60. The molecule has 1 amide bonds.